The number of carbonyl (C=O) groups is 3. The molecule has 10 heteroatoms. The van der Waals surface area contributed by atoms with Crippen LogP contribution in [0.2, 0.25) is 0 Å². The quantitative estimate of drug-likeness (QED) is 0.383. The predicted molar refractivity (Wildman–Crippen MR) is 160 cm³/mol. The molecule has 0 radical (unpaired) electrons. The molecule has 9 nitrogen and oxygen atoms in total. The van der Waals surface area contributed by atoms with Gasteiger partial charge in [-0.05, 0) is 56.5 Å². The molecule has 0 atom stereocenters. The SMILES string of the molecule is Cc1ncc(C(=O)Nc2cc(C(=O)NCCCN3CCCC3=O)ccc2N2CCN(c3ccccc3C)CC2)s1. The molecule has 0 aliphatic carbocycles. The normalized spacial score (nSPS) is 15.4. The van der Waals surface area contributed by atoms with Gasteiger partial charge in [-0.25, -0.2) is 4.98 Å². The number of para-hydroxylation sites is 1. The summed E-state index contributed by atoms with van der Waals surface area (Å²) in [7, 11) is 0. The second kappa shape index (κ2) is 12.5. The number of anilines is 3. The molecular formula is C30H36N6O3S. The van der Waals surface area contributed by atoms with Crippen LogP contribution in [0.4, 0.5) is 17.1 Å². The van der Waals surface area contributed by atoms with Crippen molar-refractivity contribution in [3.8, 4) is 0 Å². The standard InChI is InChI=1S/C30H36N6O3S/c1-21-7-3-4-8-25(21)34-15-17-35(18-16-34)26-11-10-23(19-24(26)33-30(39)27-20-32-22(2)40-27)29(38)31-12-6-14-36-13-5-9-28(36)37/h3-4,7-8,10-11,19-20H,5-6,9,12-18H2,1-2H3,(H,31,38)(H,33,39). The molecule has 40 heavy (non-hydrogen) atoms. The van der Waals surface area contributed by atoms with Gasteiger partial charge in [0.25, 0.3) is 11.8 Å². The van der Waals surface area contributed by atoms with E-state index >= 15 is 0 Å². The van der Waals surface area contributed by atoms with E-state index in [1.165, 1.54) is 22.6 Å². The molecule has 3 heterocycles. The lowest BCUT2D eigenvalue weighted by molar-refractivity contribution is -0.127. The van der Waals surface area contributed by atoms with E-state index in [4.69, 9.17) is 0 Å². The number of hydrogen-bond donors (Lipinski definition) is 2. The second-order valence-electron chi connectivity index (χ2n) is 10.3. The molecule has 3 amide bonds. The summed E-state index contributed by atoms with van der Waals surface area (Å²) in [6.07, 6.45) is 3.82. The fourth-order valence-electron chi connectivity index (χ4n) is 5.32. The van der Waals surface area contributed by atoms with Crippen LogP contribution in [0.3, 0.4) is 0 Å². The minimum Gasteiger partial charge on any atom is -0.368 e. The first-order chi connectivity index (χ1) is 19.4. The van der Waals surface area contributed by atoms with Crippen LogP contribution in [-0.4, -0.2) is 73.4 Å². The Hall–Kier alpha value is -3.92. The molecule has 2 saturated heterocycles. The zero-order valence-electron chi connectivity index (χ0n) is 23.1. The van der Waals surface area contributed by atoms with Gasteiger partial charge < -0.3 is 25.3 Å². The van der Waals surface area contributed by atoms with E-state index in [2.05, 4.69) is 56.6 Å². The molecule has 210 valence electrons. The van der Waals surface area contributed by atoms with E-state index in [0.717, 1.165) is 49.8 Å². The van der Waals surface area contributed by atoms with E-state index < -0.39 is 0 Å². The highest BCUT2D eigenvalue weighted by atomic mass is 32.1. The minimum absolute atomic E-state index is 0.193. The van der Waals surface area contributed by atoms with Crippen molar-refractivity contribution in [1.29, 1.82) is 0 Å². The van der Waals surface area contributed by atoms with Crippen molar-refractivity contribution in [2.24, 2.45) is 0 Å². The zero-order chi connectivity index (χ0) is 28.1. The zero-order valence-corrected chi connectivity index (χ0v) is 23.9. The van der Waals surface area contributed by atoms with E-state index in [-0.39, 0.29) is 17.7 Å². The molecule has 2 fully saturated rings. The molecule has 0 bridgehead atoms. The number of nitrogens with one attached hydrogen (secondary N) is 2. The molecule has 2 aliphatic heterocycles. The molecule has 0 unspecified atom stereocenters. The summed E-state index contributed by atoms with van der Waals surface area (Å²) < 4.78 is 0. The number of likely N-dealkylation sites (tertiary alicyclic amines) is 1. The Kier molecular flexibility index (Phi) is 8.64. The van der Waals surface area contributed by atoms with Crippen LogP contribution in [0.5, 0.6) is 0 Å². The molecule has 1 aromatic heterocycles. The summed E-state index contributed by atoms with van der Waals surface area (Å²) in [5.41, 5.74) is 4.48. The summed E-state index contributed by atoms with van der Waals surface area (Å²) in [6, 6.07) is 13.9. The second-order valence-corrected chi connectivity index (χ2v) is 11.5. The van der Waals surface area contributed by atoms with Crippen LogP contribution < -0.4 is 20.4 Å². The van der Waals surface area contributed by atoms with Crippen LogP contribution >= 0.6 is 11.3 Å². The van der Waals surface area contributed by atoms with Gasteiger partial charge >= 0.3 is 0 Å². The molecule has 2 aliphatic rings. The van der Waals surface area contributed by atoms with Crippen LogP contribution in [0.1, 0.15) is 49.9 Å². The molecular weight excluding hydrogens is 524 g/mol. The van der Waals surface area contributed by atoms with Crippen molar-refractivity contribution in [2.45, 2.75) is 33.1 Å². The lowest BCUT2D eigenvalue weighted by Gasteiger charge is -2.38. The third-order valence-electron chi connectivity index (χ3n) is 7.49. The number of carbonyl (C=O) groups excluding carboxylic acids is 3. The number of benzene rings is 2. The van der Waals surface area contributed by atoms with Crippen LogP contribution in [0, 0.1) is 13.8 Å². The molecule has 0 saturated carbocycles. The van der Waals surface area contributed by atoms with Gasteiger partial charge in [0.1, 0.15) is 4.88 Å². The van der Waals surface area contributed by atoms with Crippen LogP contribution in [-0.2, 0) is 4.79 Å². The smallest absolute Gasteiger partial charge is 0.267 e. The summed E-state index contributed by atoms with van der Waals surface area (Å²) in [5.74, 6) is -0.246. The fourth-order valence-corrected chi connectivity index (χ4v) is 6.00. The number of thiazole rings is 1. The first-order valence-corrected chi connectivity index (χ1v) is 14.7. The molecule has 2 N–H and O–H groups in total. The van der Waals surface area contributed by atoms with Gasteiger partial charge in [0.15, 0.2) is 0 Å². The fraction of sp³-hybridized carbons (Fsp3) is 0.400. The van der Waals surface area contributed by atoms with Gasteiger partial charge in [-0.15, -0.1) is 11.3 Å². The lowest BCUT2D eigenvalue weighted by atomic mass is 10.1. The van der Waals surface area contributed by atoms with Crippen LogP contribution in [0.25, 0.3) is 0 Å². The molecule has 2 aromatic carbocycles. The highest BCUT2D eigenvalue weighted by Gasteiger charge is 2.23. The van der Waals surface area contributed by atoms with Gasteiger partial charge in [0.05, 0.1) is 22.6 Å². The third kappa shape index (κ3) is 6.44. The van der Waals surface area contributed by atoms with Crippen molar-refractivity contribution in [1.82, 2.24) is 15.2 Å². The molecule has 3 aromatic rings. The number of aromatic nitrogens is 1. The minimum atomic E-state index is -0.238. The number of rotatable bonds is 9. The van der Waals surface area contributed by atoms with Crippen LogP contribution in [0.15, 0.2) is 48.7 Å². The molecule has 0 spiro atoms. The summed E-state index contributed by atoms with van der Waals surface area (Å²) >= 11 is 1.34. The average Bonchev–Trinajstić information content (AvgIpc) is 3.59. The van der Waals surface area contributed by atoms with E-state index in [0.29, 0.717) is 42.1 Å². The van der Waals surface area contributed by atoms with Crippen molar-refractivity contribution < 1.29 is 14.4 Å². The Morgan fingerprint density at radius 1 is 0.950 bits per heavy atom. The highest BCUT2D eigenvalue weighted by molar-refractivity contribution is 7.13. The Labute approximate surface area is 239 Å². The Morgan fingerprint density at radius 3 is 2.38 bits per heavy atom. The van der Waals surface area contributed by atoms with E-state index in [9.17, 15) is 14.4 Å². The van der Waals surface area contributed by atoms with Crippen molar-refractivity contribution >= 4 is 46.1 Å². The largest absolute Gasteiger partial charge is 0.368 e. The average molecular weight is 561 g/mol. The number of hydrogen-bond acceptors (Lipinski definition) is 7. The van der Waals surface area contributed by atoms with Gasteiger partial charge in [-0.2, -0.15) is 0 Å². The Bertz CT molecular complexity index is 1380. The maximum absolute atomic E-state index is 13.1. The molecule has 5 rings (SSSR count). The monoisotopic (exact) mass is 560 g/mol. The van der Waals surface area contributed by atoms with Gasteiger partial charge in [0, 0.05) is 63.5 Å². The van der Waals surface area contributed by atoms with E-state index in [1.807, 2.05) is 24.0 Å². The maximum atomic E-state index is 13.1. The van der Waals surface area contributed by atoms with Crippen molar-refractivity contribution in [2.75, 3.05) is 60.9 Å². The third-order valence-corrected chi connectivity index (χ3v) is 8.40. The summed E-state index contributed by atoms with van der Waals surface area (Å²) in [5, 5.41) is 6.83. The van der Waals surface area contributed by atoms with Gasteiger partial charge in [0.2, 0.25) is 5.91 Å². The number of piperazine rings is 1. The number of amides is 3. The summed E-state index contributed by atoms with van der Waals surface area (Å²) in [6.45, 7) is 9.22. The lowest BCUT2D eigenvalue weighted by Crippen LogP contribution is -2.47. The number of nitrogens with zero attached hydrogens (tertiary/aromatic N) is 4. The first-order valence-electron chi connectivity index (χ1n) is 13.9. The number of aryl methyl sites for hydroxylation is 2. The first kappa shape index (κ1) is 27.6. The van der Waals surface area contributed by atoms with E-state index in [1.54, 1.807) is 12.3 Å². The Morgan fingerprint density at radius 2 is 1.70 bits per heavy atom. The van der Waals surface area contributed by atoms with Gasteiger partial charge in [-0.3, -0.25) is 14.4 Å². The predicted octanol–water partition coefficient (Wildman–Crippen LogP) is 4.08. The topological polar surface area (TPSA) is 97.9 Å². The van der Waals surface area contributed by atoms with Crippen molar-refractivity contribution in [3.63, 3.8) is 0 Å². The maximum Gasteiger partial charge on any atom is 0.267 e. The van der Waals surface area contributed by atoms with Crippen molar-refractivity contribution in [3.05, 3.63) is 69.7 Å². The Balaban J connectivity index is 1.28. The highest BCUT2D eigenvalue weighted by Crippen LogP contribution is 2.31. The van der Waals surface area contributed by atoms with Gasteiger partial charge in [-0.1, -0.05) is 18.2 Å². The summed E-state index contributed by atoms with van der Waals surface area (Å²) in [4.78, 5) is 49.1.